The van der Waals surface area contributed by atoms with Gasteiger partial charge in [0.15, 0.2) is 0 Å². The lowest BCUT2D eigenvalue weighted by atomic mass is 9.89. The SMILES string of the molecule is COC(=O)[C@@H](NC(=O)[C@@H](Cc1ccccc1F)NC(C)=O)C1c2ccccc2-c2ccccc21. The minimum Gasteiger partial charge on any atom is -0.467 e. The number of fused-ring (bicyclic) bond motifs is 3. The summed E-state index contributed by atoms with van der Waals surface area (Å²) in [6.45, 7) is 1.28. The van der Waals surface area contributed by atoms with E-state index in [0.717, 1.165) is 22.3 Å². The van der Waals surface area contributed by atoms with Crippen molar-refractivity contribution in [3.05, 3.63) is 95.3 Å². The summed E-state index contributed by atoms with van der Waals surface area (Å²) >= 11 is 0. The molecule has 0 saturated heterocycles. The molecule has 2 atom stereocenters. The molecule has 0 saturated carbocycles. The standard InChI is InChI=1S/C27H25FN2O4/c1-16(31)29-23(15-17-9-3-8-14-22(17)28)26(32)30-25(27(33)34-2)24-20-12-6-4-10-18(20)19-11-5-7-13-21(19)24/h3-14,23-25H,15H2,1-2H3,(H,29,31)(H,30,32)/t23-,25+/m1/s1. The number of hydrogen-bond donors (Lipinski definition) is 2. The van der Waals surface area contributed by atoms with Crippen molar-refractivity contribution in [2.45, 2.75) is 31.3 Å². The summed E-state index contributed by atoms with van der Waals surface area (Å²) in [6, 6.07) is 19.3. The van der Waals surface area contributed by atoms with E-state index in [2.05, 4.69) is 10.6 Å². The Balaban J connectivity index is 1.68. The quantitative estimate of drug-likeness (QED) is 0.530. The van der Waals surface area contributed by atoms with Crippen molar-refractivity contribution in [2.24, 2.45) is 0 Å². The van der Waals surface area contributed by atoms with Gasteiger partial charge in [-0.3, -0.25) is 9.59 Å². The van der Waals surface area contributed by atoms with Gasteiger partial charge in [0.2, 0.25) is 11.8 Å². The van der Waals surface area contributed by atoms with Gasteiger partial charge in [-0.2, -0.15) is 0 Å². The zero-order chi connectivity index (χ0) is 24.2. The average Bonchev–Trinajstić information content (AvgIpc) is 3.17. The number of methoxy groups -OCH3 is 1. The summed E-state index contributed by atoms with van der Waals surface area (Å²) in [4.78, 5) is 38.1. The lowest BCUT2D eigenvalue weighted by Gasteiger charge is -2.27. The summed E-state index contributed by atoms with van der Waals surface area (Å²) in [5.74, 6) is -2.61. The highest BCUT2D eigenvalue weighted by atomic mass is 19.1. The topological polar surface area (TPSA) is 84.5 Å². The first kappa shape index (κ1) is 23.2. The fraction of sp³-hybridized carbons (Fsp3) is 0.222. The predicted molar refractivity (Wildman–Crippen MR) is 125 cm³/mol. The van der Waals surface area contributed by atoms with Crippen molar-refractivity contribution in [2.75, 3.05) is 7.11 Å². The number of rotatable bonds is 7. The molecular weight excluding hydrogens is 435 g/mol. The Morgan fingerprint density at radius 2 is 1.44 bits per heavy atom. The van der Waals surface area contributed by atoms with E-state index >= 15 is 0 Å². The van der Waals surface area contributed by atoms with Gasteiger partial charge in [0.05, 0.1) is 7.11 Å². The molecule has 0 radical (unpaired) electrons. The number of hydrogen-bond acceptors (Lipinski definition) is 4. The van der Waals surface area contributed by atoms with Gasteiger partial charge >= 0.3 is 5.97 Å². The van der Waals surface area contributed by atoms with Crippen LogP contribution in [-0.2, 0) is 25.5 Å². The third kappa shape index (κ3) is 4.55. The molecule has 2 N–H and O–H groups in total. The van der Waals surface area contributed by atoms with E-state index in [4.69, 9.17) is 4.74 Å². The number of benzene rings is 3. The van der Waals surface area contributed by atoms with Crippen LogP contribution in [-0.4, -0.2) is 37.0 Å². The lowest BCUT2D eigenvalue weighted by Crippen LogP contribution is -2.54. The number of ether oxygens (including phenoxy) is 1. The van der Waals surface area contributed by atoms with Gasteiger partial charge < -0.3 is 15.4 Å². The molecule has 34 heavy (non-hydrogen) atoms. The van der Waals surface area contributed by atoms with E-state index in [1.54, 1.807) is 18.2 Å². The van der Waals surface area contributed by atoms with E-state index in [0.29, 0.717) is 0 Å². The average molecular weight is 461 g/mol. The number of carbonyl (C=O) groups is 3. The highest BCUT2D eigenvalue weighted by Gasteiger charge is 2.40. The van der Waals surface area contributed by atoms with E-state index in [1.807, 2.05) is 48.5 Å². The van der Waals surface area contributed by atoms with Crippen LogP contribution in [0, 0.1) is 5.82 Å². The normalized spacial score (nSPS) is 13.9. The highest BCUT2D eigenvalue weighted by molar-refractivity contribution is 5.92. The molecule has 6 nitrogen and oxygen atoms in total. The van der Waals surface area contributed by atoms with Crippen molar-refractivity contribution >= 4 is 17.8 Å². The summed E-state index contributed by atoms with van der Waals surface area (Å²) in [5, 5.41) is 5.36. The second kappa shape index (κ2) is 9.87. The Labute approximate surface area is 197 Å². The van der Waals surface area contributed by atoms with Crippen LogP contribution in [0.3, 0.4) is 0 Å². The fourth-order valence-corrected chi connectivity index (χ4v) is 4.55. The highest BCUT2D eigenvalue weighted by Crippen LogP contribution is 2.46. The van der Waals surface area contributed by atoms with Crippen LogP contribution in [0.2, 0.25) is 0 Å². The Morgan fingerprint density at radius 3 is 2.00 bits per heavy atom. The Bertz CT molecular complexity index is 1200. The predicted octanol–water partition coefficient (Wildman–Crippen LogP) is 3.34. The molecule has 0 aliphatic heterocycles. The van der Waals surface area contributed by atoms with Crippen molar-refractivity contribution in [3.63, 3.8) is 0 Å². The Hall–Kier alpha value is -4.00. The summed E-state index contributed by atoms with van der Waals surface area (Å²) in [7, 11) is 1.26. The lowest BCUT2D eigenvalue weighted by molar-refractivity contribution is -0.145. The van der Waals surface area contributed by atoms with Crippen LogP contribution in [0.15, 0.2) is 72.8 Å². The van der Waals surface area contributed by atoms with Gasteiger partial charge in [-0.05, 0) is 33.9 Å². The number of halogens is 1. The first-order valence-electron chi connectivity index (χ1n) is 11.0. The van der Waals surface area contributed by atoms with Crippen LogP contribution in [0.25, 0.3) is 11.1 Å². The maximum absolute atomic E-state index is 14.3. The van der Waals surface area contributed by atoms with Crippen LogP contribution in [0.5, 0.6) is 0 Å². The summed E-state index contributed by atoms with van der Waals surface area (Å²) in [6.07, 6.45) is -0.0657. The fourth-order valence-electron chi connectivity index (χ4n) is 4.55. The molecule has 7 heteroatoms. The van der Waals surface area contributed by atoms with Gasteiger partial charge in [0.1, 0.15) is 17.9 Å². The van der Waals surface area contributed by atoms with Gasteiger partial charge in [-0.1, -0.05) is 66.7 Å². The molecule has 1 aliphatic rings. The molecule has 3 aromatic carbocycles. The molecule has 0 fully saturated rings. The molecule has 3 aromatic rings. The number of esters is 1. The van der Waals surface area contributed by atoms with Crippen LogP contribution in [0.4, 0.5) is 4.39 Å². The first-order valence-corrected chi connectivity index (χ1v) is 11.0. The molecule has 0 aromatic heterocycles. The third-order valence-electron chi connectivity index (χ3n) is 6.04. The maximum Gasteiger partial charge on any atom is 0.329 e. The number of carbonyl (C=O) groups excluding carboxylic acids is 3. The van der Waals surface area contributed by atoms with E-state index in [9.17, 15) is 18.8 Å². The summed E-state index contributed by atoms with van der Waals surface area (Å²) < 4.78 is 19.3. The first-order chi connectivity index (χ1) is 16.4. The summed E-state index contributed by atoms with van der Waals surface area (Å²) in [5.41, 5.74) is 4.03. The Morgan fingerprint density at radius 1 is 0.882 bits per heavy atom. The molecule has 4 rings (SSSR count). The van der Waals surface area contributed by atoms with Crippen molar-refractivity contribution in [1.29, 1.82) is 0 Å². The zero-order valence-electron chi connectivity index (χ0n) is 18.9. The molecule has 0 unspecified atom stereocenters. The van der Waals surface area contributed by atoms with E-state index < -0.39 is 41.6 Å². The van der Waals surface area contributed by atoms with E-state index in [-0.39, 0.29) is 12.0 Å². The molecule has 2 amide bonds. The van der Waals surface area contributed by atoms with Crippen LogP contribution in [0.1, 0.15) is 29.5 Å². The monoisotopic (exact) mass is 460 g/mol. The number of nitrogens with one attached hydrogen (secondary N) is 2. The van der Waals surface area contributed by atoms with Crippen molar-refractivity contribution in [3.8, 4) is 11.1 Å². The minimum atomic E-state index is -1.08. The third-order valence-corrected chi connectivity index (χ3v) is 6.04. The van der Waals surface area contributed by atoms with Crippen LogP contribution >= 0.6 is 0 Å². The molecule has 0 bridgehead atoms. The van der Waals surface area contributed by atoms with Crippen molar-refractivity contribution in [1.82, 2.24) is 10.6 Å². The molecule has 174 valence electrons. The van der Waals surface area contributed by atoms with Crippen LogP contribution < -0.4 is 10.6 Å². The van der Waals surface area contributed by atoms with Gasteiger partial charge in [0.25, 0.3) is 0 Å². The molecule has 0 spiro atoms. The van der Waals surface area contributed by atoms with E-state index in [1.165, 1.54) is 20.1 Å². The minimum absolute atomic E-state index is 0.0657. The largest absolute Gasteiger partial charge is 0.467 e. The Kier molecular flexibility index (Phi) is 6.72. The van der Waals surface area contributed by atoms with Gasteiger partial charge in [-0.15, -0.1) is 0 Å². The molecule has 1 aliphatic carbocycles. The second-order valence-electron chi connectivity index (χ2n) is 8.21. The van der Waals surface area contributed by atoms with Crippen molar-refractivity contribution < 1.29 is 23.5 Å². The molecule has 0 heterocycles. The molecular formula is C27H25FN2O4. The number of amides is 2. The van der Waals surface area contributed by atoms with Gasteiger partial charge in [0, 0.05) is 19.3 Å². The smallest absolute Gasteiger partial charge is 0.329 e. The maximum atomic E-state index is 14.3. The second-order valence-corrected chi connectivity index (χ2v) is 8.21. The van der Waals surface area contributed by atoms with Gasteiger partial charge in [-0.25, -0.2) is 9.18 Å². The zero-order valence-corrected chi connectivity index (χ0v) is 18.9.